The Hall–Kier alpha value is -3.44. The molecule has 2 aliphatic heterocycles. The number of aromatic nitrogens is 1. The fraction of sp³-hybridized carbons (Fsp3) is 0.448. The molecular weight excluding hydrogens is 500 g/mol. The van der Waals surface area contributed by atoms with Crippen LogP contribution in [0.2, 0.25) is 0 Å². The summed E-state index contributed by atoms with van der Waals surface area (Å²) < 4.78 is 18.3. The predicted octanol–water partition coefficient (Wildman–Crippen LogP) is 1.63. The van der Waals surface area contributed by atoms with Crippen molar-refractivity contribution in [2.24, 2.45) is 5.73 Å². The SMILES string of the molecule is COCc1ccc2c(C(N)=O)cc(=O)n(CCN3CCC(CO)(NCc4ccc5c(c4)OCCO5)CC3)c2c1. The molecule has 5 rings (SSSR count). The molecular formula is C29H36N4O6. The number of pyridine rings is 1. The van der Waals surface area contributed by atoms with Gasteiger partial charge in [-0.15, -0.1) is 0 Å². The van der Waals surface area contributed by atoms with Crippen molar-refractivity contribution < 1.29 is 24.1 Å². The maximum atomic E-state index is 13.0. The minimum Gasteiger partial charge on any atom is -0.486 e. The summed E-state index contributed by atoms with van der Waals surface area (Å²) in [6, 6.07) is 12.9. The molecule has 0 unspecified atom stereocenters. The van der Waals surface area contributed by atoms with Crippen molar-refractivity contribution in [2.45, 2.75) is 38.1 Å². The summed E-state index contributed by atoms with van der Waals surface area (Å²) in [5.74, 6) is 0.902. The Morgan fingerprint density at radius 2 is 1.79 bits per heavy atom. The molecule has 0 spiro atoms. The van der Waals surface area contributed by atoms with Crippen molar-refractivity contribution in [1.82, 2.24) is 14.8 Å². The van der Waals surface area contributed by atoms with E-state index in [1.807, 2.05) is 36.4 Å². The van der Waals surface area contributed by atoms with Crippen LogP contribution in [0.25, 0.3) is 10.9 Å². The summed E-state index contributed by atoms with van der Waals surface area (Å²) in [6.45, 7) is 4.90. The number of nitrogens with zero attached hydrogens (tertiary/aromatic N) is 2. The second kappa shape index (κ2) is 11.7. The van der Waals surface area contributed by atoms with Crippen molar-refractivity contribution >= 4 is 16.8 Å². The van der Waals surface area contributed by atoms with Crippen molar-refractivity contribution in [2.75, 3.05) is 46.6 Å². The van der Waals surface area contributed by atoms with E-state index < -0.39 is 5.91 Å². The fourth-order valence-corrected chi connectivity index (χ4v) is 5.44. The number of aliphatic hydroxyl groups excluding tert-OH is 1. The first-order chi connectivity index (χ1) is 18.9. The Morgan fingerprint density at radius 1 is 1.05 bits per heavy atom. The molecule has 3 heterocycles. The number of carbonyl (C=O) groups is 1. The molecule has 208 valence electrons. The third kappa shape index (κ3) is 5.94. The van der Waals surface area contributed by atoms with E-state index in [9.17, 15) is 14.7 Å². The maximum Gasteiger partial charge on any atom is 0.251 e. The van der Waals surface area contributed by atoms with Gasteiger partial charge in [0.25, 0.3) is 5.56 Å². The number of likely N-dealkylation sites (tertiary alicyclic amines) is 1. The highest BCUT2D eigenvalue weighted by Crippen LogP contribution is 2.31. The molecule has 1 aromatic heterocycles. The molecule has 3 aromatic rings. The Morgan fingerprint density at radius 3 is 2.51 bits per heavy atom. The average molecular weight is 537 g/mol. The van der Waals surface area contributed by atoms with Crippen LogP contribution in [-0.2, 0) is 24.4 Å². The summed E-state index contributed by atoms with van der Waals surface area (Å²) in [6.07, 6.45) is 1.56. The van der Waals surface area contributed by atoms with Gasteiger partial charge in [-0.05, 0) is 42.2 Å². The van der Waals surface area contributed by atoms with Crippen LogP contribution in [0.4, 0.5) is 0 Å². The minimum atomic E-state index is -0.621. The molecule has 0 bridgehead atoms. The van der Waals surface area contributed by atoms with Gasteiger partial charge in [0.2, 0.25) is 5.91 Å². The standard InChI is InChI=1S/C29H36N4O6/c1-37-18-21-2-4-22-23(28(30)36)16-27(35)33(24(22)14-21)11-10-32-8-6-29(19-34,7-9-32)31-17-20-3-5-25-26(15-20)39-13-12-38-25/h2-5,14-16,31,34H,6-13,17-19H2,1H3,(H2,30,36). The van der Waals surface area contributed by atoms with Gasteiger partial charge in [0, 0.05) is 56.8 Å². The second-order valence-corrected chi connectivity index (χ2v) is 10.3. The van der Waals surface area contributed by atoms with Crippen molar-refractivity contribution in [3.63, 3.8) is 0 Å². The van der Waals surface area contributed by atoms with Crippen LogP contribution in [0, 0.1) is 0 Å². The zero-order chi connectivity index (χ0) is 27.4. The van der Waals surface area contributed by atoms with E-state index in [4.69, 9.17) is 19.9 Å². The Labute approximate surface area is 227 Å². The van der Waals surface area contributed by atoms with E-state index in [-0.39, 0.29) is 23.3 Å². The summed E-state index contributed by atoms with van der Waals surface area (Å²) in [7, 11) is 1.62. The smallest absolute Gasteiger partial charge is 0.251 e. The molecule has 1 fully saturated rings. The molecule has 2 aromatic carbocycles. The third-order valence-electron chi connectivity index (χ3n) is 7.78. The molecule has 0 aliphatic carbocycles. The lowest BCUT2D eigenvalue weighted by Crippen LogP contribution is -2.55. The van der Waals surface area contributed by atoms with Gasteiger partial charge in [0.15, 0.2) is 11.5 Å². The molecule has 0 radical (unpaired) electrons. The lowest BCUT2D eigenvalue weighted by atomic mass is 9.88. The number of hydrogen-bond acceptors (Lipinski definition) is 8. The normalized spacial score (nSPS) is 16.9. The van der Waals surface area contributed by atoms with E-state index in [1.54, 1.807) is 11.7 Å². The molecule has 10 heteroatoms. The van der Waals surface area contributed by atoms with E-state index in [2.05, 4.69) is 10.2 Å². The zero-order valence-corrected chi connectivity index (χ0v) is 22.3. The lowest BCUT2D eigenvalue weighted by Gasteiger charge is -2.41. The van der Waals surface area contributed by atoms with Crippen LogP contribution < -0.4 is 26.1 Å². The summed E-state index contributed by atoms with van der Waals surface area (Å²) in [4.78, 5) is 27.3. The third-order valence-corrected chi connectivity index (χ3v) is 7.78. The molecule has 2 aliphatic rings. The van der Waals surface area contributed by atoms with Crippen LogP contribution in [0.15, 0.2) is 47.3 Å². The number of rotatable bonds is 10. The molecule has 0 saturated carbocycles. The maximum absolute atomic E-state index is 13.0. The first-order valence-electron chi connectivity index (χ1n) is 13.3. The van der Waals surface area contributed by atoms with Gasteiger partial charge in [0.1, 0.15) is 13.2 Å². The Kier molecular flexibility index (Phi) is 8.18. The quantitative estimate of drug-likeness (QED) is 0.357. The highest BCUT2D eigenvalue weighted by molar-refractivity contribution is 6.05. The van der Waals surface area contributed by atoms with E-state index in [1.165, 1.54) is 6.07 Å². The van der Waals surface area contributed by atoms with E-state index in [0.29, 0.717) is 50.4 Å². The second-order valence-electron chi connectivity index (χ2n) is 10.3. The van der Waals surface area contributed by atoms with Gasteiger partial charge in [-0.25, -0.2) is 0 Å². The summed E-state index contributed by atoms with van der Waals surface area (Å²) >= 11 is 0. The molecule has 39 heavy (non-hydrogen) atoms. The number of fused-ring (bicyclic) bond motifs is 2. The molecule has 4 N–H and O–H groups in total. The van der Waals surface area contributed by atoms with Crippen molar-refractivity contribution in [3.8, 4) is 11.5 Å². The van der Waals surface area contributed by atoms with Gasteiger partial charge in [-0.3, -0.25) is 9.59 Å². The van der Waals surface area contributed by atoms with Crippen molar-refractivity contribution in [3.05, 3.63) is 69.5 Å². The number of piperidine rings is 1. The predicted molar refractivity (Wildman–Crippen MR) is 147 cm³/mol. The molecule has 10 nitrogen and oxygen atoms in total. The van der Waals surface area contributed by atoms with Gasteiger partial charge < -0.3 is 39.8 Å². The van der Waals surface area contributed by atoms with E-state index in [0.717, 1.165) is 48.6 Å². The van der Waals surface area contributed by atoms with Crippen molar-refractivity contribution in [1.29, 1.82) is 0 Å². The first-order valence-corrected chi connectivity index (χ1v) is 13.3. The zero-order valence-electron chi connectivity index (χ0n) is 22.3. The lowest BCUT2D eigenvalue weighted by molar-refractivity contribution is 0.0758. The monoisotopic (exact) mass is 536 g/mol. The Balaban J connectivity index is 1.24. The highest BCUT2D eigenvalue weighted by Gasteiger charge is 2.33. The fourth-order valence-electron chi connectivity index (χ4n) is 5.44. The summed E-state index contributed by atoms with van der Waals surface area (Å²) in [5.41, 5.74) is 7.82. The first kappa shape index (κ1) is 27.1. The largest absolute Gasteiger partial charge is 0.486 e. The van der Waals surface area contributed by atoms with Crippen LogP contribution in [0.3, 0.4) is 0 Å². The van der Waals surface area contributed by atoms with Gasteiger partial charge in [-0.2, -0.15) is 0 Å². The minimum absolute atomic E-state index is 0.0480. The number of nitrogens with one attached hydrogen (secondary N) is 1. The van der Waals surface area contributed by atoms with Gasteiger partial charge in [-0.1, -0.05) is 18.2 Å². The van der Waals surface area contributed by atoms with Crippen LogP contribution in [0.5, 0.6) is 11.5 Å². The Bertz CT molecular complexity index is 1400. The number of methoxy groups -OCH3 is 1. The number of nitrogens with two attached hydrogens (primary N) is 1. The number of benzene rings is 2. The number of carbonyl (C=O) groups excluding carboxylic acids is 1. The molecule has 1 amide bonds. The van der Waals surface area contributed by atoms with Crippen LogP contribution >= 0.6 is 0 Å². The molecule has 0 atom stereocenters. The number of hydrogen-bond donors (Lipinski definition) is 3. The number of ether oxygens (including phenoxy) is 3. The average Bonchev–Trinajstić information content (AvgIpc) is 2.96. The highest BCUT2D eigenvalue weighted by atomic mass is 16.6. The van der Waals surface area contributed by atoms with Crippen LogP contribution in [-0.4, -0.2) is 72.6 Å². The molecule has 1 saturated heterocycles. The van der Waals surface area contributed by atoms with Gasteiger partial charge in [0.05, 0.1) is 24.3 Å². The topological polar surface area (TPSA) is 128 Å². The number of aliphatic hydroxyl groups is 1. The summed E-state index contributed by atoms with van der Waals surface area (Å²) in [5, 5.41) is 14.5. The number of primary amides is 1. The van der Waals surface area contributed by atoms with Gasteiger partial charge >= 0.3 is 0 Å². The number of amides is 1. The van der Waals surface area contributed by atoms with Crippen LogP contribution in [0.1, 0.15) is 34.3 Å². The van der Waals surface area contributed by atoms with E-state index >= 15 is 0 Å².